The fourth-order valence-electron chi connectivity index (χ4n) is 1.76. The van der Waals surface area contributed by atoms with Gasteiger partial charge in [0.15, 0.2) is 0 Å². The monoisotopic (exact) mass is 201 g/mol. The van der Waals surface area contributed by atoms with Gasteiger partial charge in [-0.15, -0.1) is 0 Å². The molecule has 0 saturated carbocycles. The minimum atomic E-state index is 0.290. The Labute approximate surface area is 89.1 Å². The van der Waals surface area contributed by atoms with Crippen molar-refractivity contribution >= 4 is 0 Å². The van der Waals surface area contributed by atoms with Crippen LogP contribution in [0.3, 0.4) is 0 Å². The lowest BCUT2D eigenvalue weighted by molar-refractivity contribution is 0.239. The summed E-state index contributed by atoms with van der Waals surface area (Å²) in [5.74, 6) is 1.36. The second-order valence-electron chi connectivity index (χ2n) is 4.66. The van der Waals surface area contributed by atoms with Gasteiger partial charge in [-0.1, -0.05) is 34.1 Å². The Kier molecular flexibility index (Phi) is 8.20. The lowest BCUT2D eigenvalue weighted by Crippen LogP contribution is -2.37. The SMILES string of the molecule is CCCC(C)CNC(CCO)C(C)C. The van der Waals surface area contributed by atoms with Crippen molar-refractivity contribution < 1.29 is 5.11 Å². The topological polar surface area (TPSA) is 32.3 Å². The smallest absolute Gasteiger partial charge is 0.0445 e. The van der Waals surface area contributed by atoms with Crippen LogP contribution in [0.15, 0.2) is 0 Å². The summed E-state index contributed by atoms with van der Waals surface area (Å²) < 4.78 is 0. The zero-order valence-electron chi connectivity index (χ0n) is 10.2. The Morgan fingerprint density at radius 3 is 2.21 bits per heavy atom. The highest BCUT2D eigenvalue weighted by Gasteiger charge is 2.12. The van der Waals surface area contributed by atoms with E-state index in [1.165, 1.54) is 12.8 Å². The average Bonchev–Trinajstić information content (AvgIpc) is 2.12. The molecule has 86 valence electrons. The summed E-state index contributed by atoms with van der Waals surface area (Å²) in [6.45, 7) is 10.3. The van der Waals surface area contributed by atoms with Crippen LogP contribution in [0, 0.1) is 11.8 Å². The Balaban J connectivity index is 3.69. The van der Waals surface area contributed by atoms with Gasteiger partial charge >= 0.3 is 0 Å². The molecule has 0 aliphatic carbocycles. The maximum Gasteiger partial charge on any atom is 0.0445 e. The number of hydrogen-bond acceptors (Lipinski definition) is 2. The Hall–Kier alpha value is -0.0800. The molecule has 0 aromatic rings. The van der Waals surface area contributed by atoms with E-state index in [-0.39, 0.29) is 6.61 Å². The van der Waals surface area contributed by atoms with E-state index in [4.69, 9.17) is 5.11 Å². The molecule has 0 aliphatic heterocycles. The van der Waals surface area contributed by atoms with Crippen LogP contribution in [-0.2, 0) is 0 Å². The first-order chi connectivity index (χ1) is 6.61. The molecule has 14 heavy (non-hydrogen) atoms. The van der Waals surface area contributed by atoms with E-state index in [1.54, 1.807) is 0 Å². The van der Waals surface area contributed by atoms with Crippen molar-refractivity contribution in [2.75, 3.05) is 13.2 Å². The molecule has 0 rings (SSSR count). The maximum absolute atomic E-state index is 8.91. The normalized spacial score (nSPS) is 15.9. The molecule has 2 heteroatoms. The Morgan fingerprint density at radius 2 is 1.79 bits per heavy atom. The summed E-state index contributed by atoms with van der Waals surface area (Å²) in [6.07, 6.45) is 3.42. The fraction of sp³-hybridized carbons (Fsp3) is 1.00. The van der Waals surface area contributed by atoms with Crippen molar-refractivity contribution in [2.45, 2.75) is 53.0 Å². The molecule has 0 aliphatic rings. The quantitative estimate of drug-likeness (QED) is 0.632. The van der Waals surface area contributed by atoms with Crippen LogP contribution >= 0.6 is 0 Å². The largest absolute Gasteiger partial charge is 0.396 e. The molecular weight excluding hydrogens is 174 g/mol. The Bertz CT molecular complexity index is 125. The molecule has 0 fully saturated rings. The second kappa shape index (κ2) is 8.25. The molecule has 0 radical (unpaired) electrons. The minimum Gasteiger partial charge on any atom is -0.396 e. The van der Waals surface area contributed by atoms with Crippen molar-refractivity contribution in [1.29, 1.82) is 0 Å². The third-order valence-electron chi connectivity index (χ3n) is 2.75. The number of nitrogens with one attached hydrogen (secondary N) is 1. The third-order valence-corrected chi connectivity index (χ3v) is 2.75. The summed E-state index contributed by atoms with van der Waals surface area (Å²) >= 11 is 0. The molecule has 0 aromatic carbocycles. The van der Waals surface area contributed by atoms with Crippen LogP contribution in [0.25, 0.3) is 0 Å². The molecule has 0 heterocycles. The number of rotatable bonds is 8. The molecule has 0 saturated heterocycles. The van der Waals surface area contributed by atoms with Crippen LogP contribution in [0.4, 0.5) is 0 Å². The van der Waals surface area contributed by atoms with Gasteiger partial charge in [-0.3, -0.25) is 0 Å². The standard InChI is InChI=1S/C12H27NO/c1-5-6-11(4)9-13-12(7-8-14)10(2)3/h10-14H,5-9H2,1-4H3. The number of aliphatic hydroxyl groups is 1. The van der Waals surface area contributed by atoms with Crippen molar-refractivity contribution in [3.05, 3.63) is 0 Å². The third kappa shape index (κ3) is 6.39. The van der Waals surface area contributed by atoms with Crippen LogP contribution in [0.5, 0.6) is 0 Å². The molecule has 0 aromatic heterocycles. The lowest BCUT2D eigenvalue weighted by atomic mass is 9.99. The van der Waals surface area contributed by atoms with Crippen LogP contribution in [-0.4, -0.2) is 24.3 Å². The highest BCUT2D eigenvalue weighted by molar-refractivity contribution is 4.71. The van der Waals surface area contributed by atoms with E-state index in [1.807, 2.05) is 0 Å². The summed E-state index contributed by atoms with van der Waals surface area (Å²) in [6, 6.07) is 0.472. The van der Waals surface area contributed by atoms with Gasteiger partial charge in [0.05, 0.1) is 0 Å². The number of hydrogen-bond donors (Lipinski definition) is 2. The number of aliphatic hydroxyl groups excluding tert-OH is 1. The molecule has 0 spiro atoms. The van der Waals surface area contributed by atoms with E-state index in [0.29, 0.717) is 12.0 Å². The molecule has 0 bridgehead atoms. The summed E-state index contributed by atoms with van der Waals surface area (Å²) in [5.41, 5.74) is 0. The molecule has 2 nitrogen and oxygen atoms in total. The van der Waals surface area contributed by atoms with Crippen molar-refractivity contribution in [2.24, 2.45) is 11.8 Å². The zero-order valence-corrected chi connectivity index (χ0v) is 10.2. The lowest BCUT2D eigenvalue weighted by Gasteiger charge is -2.23. The highest BCUT2D eigenvalue weighted by atomic mass is 16.3. The zero-order chi connectivity index (χ0) is 11.0. The predicted octanol–water partition coefficient (Wildman–Crippen LogP) is 2.42. The van der Waals surface area contributed by atoms with Crippen molar-refractivity contribution in [1.82, 2.24) is 5.32 Å². The van der Waals surface area contributed by atoms with E-state index >= 15 is 0 Å². The average molecular weight is 201 g/mol. The van der Waals surface area contributed by atoms with E-state index in [0.717, 1.165) is 18.9 Å². The summed E-state index contributed by atoms with van der Waals surface area (Å²) in [4.78, 5) is 0. The van der Waals surface area contributed by atoms with Gasteiger partial charge in [-0.2, -0.15) is 0 Å². The molecular formula is C12H27NO. The fourth-order valence-corrected chi connectivity index (χ4v) is 1.76. The van der Waals surface area contributed by atoms with Gasteiger partial charge in [-0.25, -0.2) is 0 Å². The van der Waals surface area contributed by atoms with Crippen molar-refractivity contribution in [3.8, 4) is 0 Å². The molecule has 2 atom stereocenters. The summed E-state index contributed by atoms with van der Waals surface area (Å²) in [7, 11) is 0. The van der Waals surface area contributed by atoms with Crippen LogP contribution < -0.4 is 5.32 Å². The van der Waals surface area contributed by atoms with Gasteiger partial charge in [0.25, 0.3) is 0 Å². The van der Waals surface area contributed by atoms with E-state index in [2.05, 4.69) is 33.0 Å². The van der Waals surface area contributed by atoms with E-state index in [9.17, 15) is 0 Å². The second-order valence-corrected chi connectivity index (χ2v) is 4.66. The Morgan fingerprint density at radius 1 is 1.14 bits per heavy atom. The maximum atomic E-state index is 8.91. The first kappa shape index (κ1) is 13.9. The molecule has 0 amide bonds. The van der Waals surface area contributed by atoms with Crippen molar-refractivity contribution in [3.63, 3.8) is 0 Å². The van der Waals surface area contributed by atoms with Gasteiger partial charge in [0.1, 0.15) is 0 Å². The van der Waals surface area contributed by atoms with Gasteiger partial charge in [0.2, 0.25) is 0 Å². The van der Waals surface area contributed by atoms with Gasteiger partial charge < -0.3 is 10.4 Å². The van der Waals surface area contributed by atoms with Crippen LogP contribution in [0.2, 0.25) is 0 Å². The first-order valence-corrected chi connectivity index (χ1v) is 5.96. The summed E-state index contributed by atoms with van der Waals surface area (Å²) in [5, 5.41) is 12.5. The first-order valence-electron chi connectivity index (χ1n) is 5.96. The van der Waals surface area contributed by atoms with Gasteiger partial charge in [-0.05, 0) is 31.2 Å². The molecule has 2 unspecified atom stereocenters. The van der Waals surface area contributed by atoms with Crippen LogP contribution in [0.1, 0.15) is 47.0 Å². The van der Waals surface area contributed by atoms with Gasteiger partial charge in [0, 0.05) is 12.6 Å². The molecule has 2 N–H and O–H groups in total. The predicted molar refractivity (Wildman–Crippen MR) is 62.4 cm³/mol. The highest BCUT2D eigenvalue weighted by Crippen LogP contribution is 2.08. The minimum absolute atomic E-state index is 0.290. The van der Waals surface area contributed by atoms with E-state index < -0.39 is 0 Å².